The summed E-state index contributed by atoms with van der Waals surface area (Å²) in [6, 6.07) is 6.51. The second-order valence-electron chi connectivity index (χ2n) is 6.92. The van der Waals surface area contributed by atoms with Gasteiger partial charge in [-0.25, -0.2) is 4.98 Å². The zero-order chi connectivity index (χ0) is 17.4. The van der Waals surface area contributed by atoms with Crippen molar-refractivity contribution >= 4 is 16.9 Å². The number of fused-ring (bicyclic) bond motifs is 2. The van der Waals surface area contributed by atoms with E-state index < -0.39 is 0 Å². The van der Waals surface area contributed by atoms with Crippen LogP contribution in [0.4, 0.5) is 0 Å². The minimum atomic E-state index is -0.0200. The summed E-state index contributed by atoms with van der Waals surface area (Å²) < 4.78 is 4.12. The highest BCUT2D eigenvalue weighted by Gasteiger charge is 2.25. The number of benzene rings is 1. The standard InChI is InChI=1S/C18H22N6O/c1-12(2)24-10-20-15-5-3-13(7-16(15)24)8-19-18(25)14-4-6-17-22-21-11-23(17)9-14/h3,5,7,10-12,14H,4,6,8-9H2,1-2H3,(H,19,25). The van der Waals surface area contributed by atoms with Gasteiger partial charge in [0.2, 0.25) is 5.91 Å². The van der Waals surface area contributed by atoms with E-state index >= 15 is 0 Å². The monoisotopic (exact) mass is 338 g/mol. The summed E-state index contributed by atoms with van der Waals surface area (Å²) >= 11 is 0. The van der Waals surface area contributed by atoms with Crippen LogP contribution in [0.1, 0.15) is 37.7 Å². The molecule has 4 rings (SSSR count). The molecule has 0 aliphatic carbocycles. The molecule has 1 amide bonds. The molecule has 2 aromatic heterocycles. The van der Waals surface area contributed by atoms with Gasteiger partial charge in [0.15, 0.2) is 0 Å². The smallest absolute Gasteiger partial charge is 0.225 e. The average Bonchev–Trinajstić information content (AvgIpc) is 3.24. The molecule has 7 nitrogen and oxygen atoms in total. The van der Waals surface area contributed by atoms with Gasteiger partial charge in [-0.05, 0) is 38.0 Å². The molecule has 0 spiro atoms. The van der Waals surface area contributed by atoms with Gasteiger partial charge in [0, 0.05) is 25.6 Å². The van der Waals surface area contributed by atoms with Crippen LogP contribution in [0.3, 0.4) is 0 Å². The third-order valence-corrected chi connectivity index (χ3v) is 4.86. The second-order valence-corrected chi connectivity index (χ2v) is 6.92. The first-order valence-corrected chi connectivity index (χ1v) is 8.71. The van der Waals surface area contributed by atoms with Gasteiger partial charge in [-0.15, -0.1) is 10.2 Å². The predicted octanol–water partition coefficient (Wildman–Crippen LogP) is 2.09. The van der Waals surface area contributed by atoms with Crippen molar-refractivity contribution in [1.29, 1.82) is 0 Å². The van der Waals surface area contributed by atoms with Gasteiger partial charge in [-0.1, -0.05) is 6.07 Å². The van der Waals surface area contributed by atoms with Gasteiger partial charge in [0.1, 0.15) is 12.2 Å². The number of aromatic nitrogens is 5. The summed E-state index contributed by atoms with van der Waals surface area (Å²) in [6.45, 7) is 5.46. The van der Waals surface area contributed by atoms with Crippen molar-refractivity contribution in [3.05, 3.63) is 42.2 Å². The summed E-state index contributed by atoms with van der Waals surface area (Å²) in [5, 5.41) is 11.0. The third-order valence-electron chi connectivity index (χ3n) is 4.86. The summed E-state index contributed by atoms with van der Waals surface area (Å²) in [6.07, 6.45) is 5.20. The lowest BCUT2D eigenvalue weighted by Crippen LogP contribution is -2.35. The van der Waals surface area contributed by atoms with Crippen molar-refractivity contribution in [1.82, 2.24) is 29.6 Å². The Bertz CT molecular complexity index is 909. The molecule has 130 valence electrons. The lowest BCUT2D eigenvalue weighted by molar-refractivity contribution is -0.126. The Morgan fingerprint density at radius 2 is 2.24 bits per heavy atom. The van der Waals surface area contributed by atoms with Gasteiger partial charge in [0.25, 0.3) is 0 Å². The third kappa shape index (κ3) is 3.01. The van der Waals surface area contributed by atoms with Gasteiger partial charge < -0.3 is 14.5 Å². The van der Waals surface area contributed by atoms with Crippen LogP contribution >= 0.6 is 0 Å². The molecule has 0 saturated carbocycles. The van der Waals surface area contributed by atoms with E-state index in [9.17, 15) is 4.79 Å². The van der Waals surface area contributed by atoms with Gasteiger partial charge in [-0.3, -0.25) is 4.79 Å². The summed E-state index contributed by atoms with van der Waals surface area (Å²) in [5.74, 6) is 1.04. The van der Waals surface area contributed by atoms with E-state index in [1.807, 2.05) is 23.0 Å². The number of amides is 1. The van der Waals surface area contributed by atoms with Crippen LogP contribution in [0.2, 0.25) is 0 Å². The molecule has 1 aliphatic rings. The van der Waals surface area contributed by atoms with E-state index in [1.54, 1.807) is 6.33 Å². The summed E-state index contributed by atoms with van der Waals surface area (Å²) in [4.78, 5) is 16.9. The van der Waals surface area contributed by atoms with Crippen molar-refractivity contribution in [2.45, 2.75) is 45.8 Å². The highest BCUT2D eigenvalue weighted by Crippen LogP contribution is 2.20. The first-order chi connectivity index (χ1) is 12.1. The molecule has 1 unspecified atom stereocenters. The molecule has 0 bridgehead atoms. The van der Waals surface area contributed by atoms with Crippen LogP contribution < -0.4 is 5.32 Å². The predicted molar refractivity (Wildman–Crippen MR) is 93.8 cm³/mol. The van der Waals surface area contributed by atoms with Crippen LogP contribution in [0.25, 0.3) is 11.0 Å². The van der Waals surface area contributed by atoms with Crippen LogP contribution in [0.5, 0.6) is 0 Å². The Morgan fingerprint density at radius 1 is 1.36 bits per heavy atom. The van der Waals surface area contributed by atoms with E-state index in [0.717, 1.165) is 35.3 Å². The van der Waals surface area contributed by atoms with Crippen molar-refractivity contribution in [3.63, 3.8) is 0 Å². The fourth-order valence-corrected chi connectivity index (χ4v) is 3.40. The average molecular weight is 338 g/mol. The maximum absolute atomic E-state index is 12.5. The molecule has 1 aromatic carbocycles. The van der Waals surface area contributed by atoms with Crippen LogP contribution in [0.15, 0.2) is 30.9 Å². The molecule has 1 atom stereocenters. The van der Waals surface area contributed by atoms with Crippen LogP contribution in [-0.2, 0) is 24.3 Å². The highest BCUT2D eigenvalue weighted by atomic mass is 16.1. The van der Waals surface area contributed by atoms with Gasteiger partial charge >= 0.3 is 0 Å². The molecular formula is C18H22N6O. The summed E-state index contributed by atoms with van der Waals surface area (Å²) in [5.41, 5.74) is 3.17. The van der Waals surface area contributed by atoms with Crippen molar-refractivity contribution < 1.29 is 4.79 Å². The Balaban J connectivity index is 1.43. The molecule has 3 aromatic rings. The number of nitrogens with one attached hydrogen (secondary N) is 1. The number of imidazole rings is 1. The largest absolute Gasteiger partial charge is 0.352 e. The van der Waals surface area contributed by atoms with Gasteiger partial charge in [0.05, 0.1) is 23.3 Å². The van der Waals surface area contributed by atoms with Crippen LogP contribution in [0, 0.1) is 5.92 Å². The number of hydrogen-bond acceptors (Lipinski definition) is 4. The Morgan fingerprint density at radius 3 is 3.08 bits per heavy atom. The van der Waals surface area contributed by atoms with E-state index in [-0.39, 0.29) is 11.8 Å². The fraction of sp³-hybridized carbons (Fsp3) is 0.444. The molecule has 7 heteroatoms. The number of carbonyl (C=O) groups excluding carboxylic acids is 1. The van der Waals surface area contributed by atoms with Gasteiger partial charge in [-0.2, -0.15) is 0 Å². The number of hydrogen-bond donors (Lipinski definition) is 1. The molecule has 1 N–H and O–H groups in total. The lowest BCUT2D eigenvalue weighted by Gasteiger charge is -2.22. The summed E-state index contributed by atoms with van der Waals surface area (Å²) in [7, 11) is 0. The maximum atomic E-state index is 12.5. The normalized spacial score (nSPS) is 17.0. The lowest BCUT2D eigenvalue weighted by atomic mass is 9.98. The quantitative estimate of drug-likeness (QED) is 0.790. The van der Waals surface area contributed by atoms with Crippen molar-refractivity contribution in [2.75, 3.05) is 0 Å². The van der Waals surface area contributed by atoms with Crippen LogP contribution in [-0.4, -0.2) is 30.2 Å². The second kappa shape index (κ2) is 6.31. The van der Waals surface area contributed by atoms with E-state index in [2.05, 4.69) is 45.0 Å². The first kappa shape index (κ1) is 15.8. The molecular weight excluding hydrogens is 316 g/mol. The van der Waals surface area contributed by atoms with Crippen molar-refractivity contribution in [3.8, 4) is 0 Å². The molecule has 0 fully saturated rings. The number of rotatable bonds is 4. The topological polar surface area (TPSA) is 77.6 Å². The van der Waals surface area contributed by atoms with E-state index in [4.69, 9.17) is 0 Å². The molecule has 3 heterocycles. The zero-order valence-corrected chi connectivity index (χ0v) is 14.5. The number of nitrogens with zero attached hydrogens (tertiary/aromatic N) is 5. The fourth-order valence-electron chi connectivity index (χ4n) is 3.40. The Kier molecular flexibility index (Phi) is 3.99. The van der Waals surface area contributed by atoms with Crippen molar-refractivity contribution in [2.24, 2.45) is 5.92 Å². The molecule has 25 heavy (non-hydrogen) atoms. The van der Waals surface area contributed by atoms with E-state index in [1.165, 1.54) is 0 Å². The highest BCUT2D eigenvalue weighted by molar-refractivity contribution is 5.79. The van der Waals surface area contributed by atoms with E-state index in [0.29, 0.717) is 19.1 Å². The number of carbonyl (C=O) groups is 1. The number of aryl methyl sites for hydroxylation is 1. The Hall–Kier alpha value is -2.70. The minimum absolute atomic E-state index is 0.0200. The minimum Gasteiger partial charge on any atom is -0.352 e. The molecule has 0 saturated heterocycles. The maximum Gasteiger partial charge on any atom is 0.225 e. The zero-order valence-electron chi connectivity index (χ0n) is 14.5. The molecule has 0 radical (unpaired) electrons. The SMILES string of the molecule is CC(C)n1cnc2ccc(CNC(=O)C3CCc4nncn4C3)cc21. The first-order valence-electron chi connectivity index (χ1n) is 8.71. The molecule has 1 aliphatic heterocycles. The Labute approximate surface area is 146 Å².